The Labute approximate surface area is 150 Å². The summed E-state index contributed by atoms with van der Waals surface area (Å²) in [6.45, 7) is 0.616. The molecule has 5 rings (SSSR count). The summed E-state index contributed by atoms with van der Waals surface area (Å²) in [7, 11) is 0. The molecule has 0 bridgehead atoms. The van der Waals surface area contributed by atoms with Gasteiger partial charge >= 0.3 is 0 Å². The van der Waals surface area contributed by atoms with Crippen LogP contribution >= 0.6 is 0 Å². The molecule has 0 radical (unpaired) electrons. The molecule has 1 aromatic heterocycles. The fourth-order valence-corrected chi connectivity index (χ4v) is 4.48. The van der Waals surface area contributed by atoms with Gasteiger partial charge in [0.15, 0.2) is 0 Å². The van der Waals surface area contributed by atoms with Crippen LogP contribution in [0, 0.1) is 5.92 Å². The number of pyridine rings is 1. The van der Waals surface area contributed by atoms with E-state index in [1.54, 1.807) is 11.2 Å². The maximum atomic E-state index is 14.8. The van der Waals surface area contributed by atoms with E-state index in [2.05, 4.69) is 32.1 Å². The van der Waals surface area contributed by atoms with Crippen LogP contribution in [-0.2, 0) is 4.79 Å². The largest absolute Gasteiger partial charge is 0.366 e. The van der Waals surface area contributed by atoms with E-state index < -0.39 is 6.17 Å². The van der Waals surface area contributed by atoms with Gasteiger partial charge in [0.1, 0.15) is 12.3 Å². The van der Waals surface area contributed by atoms with Crippen molar-refractivity contribution in [3.05, 3.63) is 41.9 Å². The first kappa shape index (κ1) is 16.1. The predicted octanol–water partition coefficient (Wildman–Crippen LogP) is -0.577. The Balaban J connectivity index is 1.39. The molecule has 0 aromatic carbocycles. The van der Waals surface area contributed by atoms with Crippen molar-refractivity contribution in [1.29, 1.82) is 0 Å². The number of carbonyl (C=O) groups excluding carboxylic acids is 1. The number of fused-ring (bicyclic) bond motifs is 2. The molecule has 5 N–H and O–H groups in total. The van der Waals surface area contributed by atoms with Gasteiger partial charge in [-0.1, -0.05) is 6.07 Å². The van der Waals surface area contributed by atoms with Crippen molar-refractivity contribution in [3.63, 3.8) is 0 Å². The van der Waals surface area contributed by atoms with Crippen molar-refractivity contribution in [2.75, 3.05) is 6.54 Å². The van der Waals surface area contributed by atoms with Crippen LogP contribution in [0.1, 0.15) is 24.5 Å². The van der Waals surface area contributed by atoms with Gasteiger partial charge in [-0.25, -0.2) is 20.7 Å². The highest BCUT2D eigenvalue weighted by Crippen LogP contribution is 2.36. The van der Waals surface area contributed by atoms with Crippen molar-refractivity contribution >= 4 is 5.91 Å². The van der Waals surface area contributed by atoms with Crippen LogP contribution in [0.4, 0.5) is 4.39 Å². The number of aromatic nitrogens is 1. The fourth-order valence-electron chi connectivity index (χ4n) is 4.48. The number of halogens is 1. The Bertz CT molecular complexity index is 729. The van der Waals surface area contributed by atoms with Crippen LogP contribution in [0.2, 0.25) is 0 Å². The number of nitrogens with one attached hydrogen (secondary N) is 5. The molecule has 1 amide bonds. The summed E-state index contributed by atoms with van der Waals surface area (Å²) in [5.41, 5.74) is 13.8. The maximum absolute atomic E-state index is 14.8. The van der Waals surface area contributed by atoms with E-state index in [9.17, 15) is 9.18 Å². The lowest BCUT2D eigenvalue weighted by Crippen LogP contribution is -2.55. The summed E-state index contributed by atoms with van der Waals surface area (Å²) in [5, 5.41) is 5.03. The molecule has 138 valence electrons. The van der Waals surface area contributed by atoms with Crippen molar-refractivity contribution in [2.45, 2.75) is 43.2 Å². The number of hydrogen-bond acceptors (Lipinski definition) is 7. The van der Waals surface area contributed by atoms with Crippen LogP contribution in [0.5, 0.6) is 0 Å². The first-order chi connectivity index (χ1) is 12.7. The van der Waals surface area contributed by atoms with Crippen LogP contribution in [0.25, 0.3) is 0 Å². The van der Waals surface area contributed by atoms with E-state index in [1.807, 2.05) is 18.2 Å². The second-order valence-electron chi connectivity index (χ2n) is 7.34. The normalized spacial score (nSPS) is 39.2. The second-order valence-corrected chi connectivity index (χ2v) is 7.34. The van der Waals surface area contributed by atoms with Crippen molar-refractivity contribution < 1.29 is 9.18 Å². The van der Waals surface area contributed by atoms with Gasteiger partial charge in [-0.2, -0.15) is 5.53 Å². The molecule has 9 heteroatoms. The third-order valence-electron chi connectivity index (χ3n) is 5.86. The van der Waals surface area contributed by atoms with E-state index in [1.165, 1.54) is 6.08 Å². The highest BCUT2D eigenvalue weighted by Gasteiger charge is 2.46. The standard InChI is InChI=1S/C17H22FN7O/c18-11-6-15-14(22-24-23-15)5-9(11)13-7-16(26)25-17(21-13)10(8-20-25)12-3-1-2-4-19-12/h1-4,7,9-11,14-15,17,20-24H,5-6,8H2. The molecule has 4 heterocycles. The first-order valence-corrected chi connectivity index (χ1v) is 9.06. The number of carbonyl (C=O) groups is 1. The van der Waals surface area contributed by atoms with Crippen molar-refractivity contribution in [2.24, 2.45) is 5.92 Å². The maximum Gasteiger partial charge on any atom is 0.264 e. The van der Waals surface area contributed by atoms with Gasteiger partial charge in [0, 0.05) is 48.2 Å². The lowest BCUT2D eigenvalue weighted by Gasteiger charge is -2.39. The zero-order valence-electron chi connectivity index (χ0n) is 14.2. The van der Waals surface area contributed by atoms with Crippen LogP contribution < -0.4 is 27.1 Å². The highest BCUT2D eigenvalue weighted by atomic mass is 19.1. The Morgan fingerprint density at radius 1 is 1.15 bits per heavy atom. The van der Waals surface area contributed by atoms with Crippen LogP contribution in [-0.4, -0.2) is 46.9 Å². The van der Waals surface area contributed by atoms with Gasteiger partial charge in [0.2, 0.25) is 0 Å². The molecule has 3 fully saturated rings. The number of amides is 1. The molecule has 3 aliphatic heterocycles. The molecule has 1 aromatic rings. The highest BCUT2D eigenvalue weighted by molar-refractivity contribution is 5.89. The lowest BCUT2D eigenvalue weighted by atomic mass is 9.79. The Morgan fingerprint density at radius 2 is 2.00 bits per heavy atom. The zero-order valence-corrected chi connectivity index (χ0v) is 14.2. The topological polar surface area (TPSA) is 93.3 Å². The Hall–Kier alpha value is -2.07. The lowest BCUT2D eigenvalue weighted by molar-refractivity contribution is -0.131. The molecule has 1 saturated carbocycles. The SMILES string of the molecule is O=C1C=C(C2CC3NNNC3CC2F)NC2C(c3ccccn3)CNN12. The monoisotopic (exact) mass is 359 g/mol. The number of hydrogen-bond donors (Lipinski definition) is 5. The predicted molar refractivity (Wildman–Crippen MR) is 91.4 cm³/mol. The van der Waals surface area contributed by atoms with Gasteiger partial charge in [-0.05, 0) is 25.0 Å². The quantitative estimate of drug-likeness (QED) is 0.483. The minimum Gasteiger partial charge on any atom is -0.366 e. The molecule has 6 unspecified atom stereocenters. The van der Waals surface area contributed by atoms with Crippen LogP contribution in [0.3, 0.4) is 0 Å². The molecule has 4 aliphatic rings. The fraction of sp³-hybridized carbons (Fsp3) is 0.529. The Morgan fingerprint density at radius 3 is 2.81 bits per heavy atom. The zero-order chi connectivity index (χ0) is 17.7. The number of rotatable bonds is 2. The van der Waals surface area contributed by atoms with Crippen LogP contribution in [0.15, 0.2) is 36.2 Å². The number of hydrazine groups is 3. The minimum absolute atomic E-state index is 0.0196. The van der Waals surface area contributed by atoms with E-state index in [4.69, 9.17) is 0 Å². The number of nitrogens with zero attached hydrogens (tertiary/aromatic N) is 2. The van der Waals surface area contributed by atoms with Crippen molar-refractivity contribution in [1.82, 2.24) is 37.1 Å². The van der Waals surface area contributed by atoms with E-state index in [0.717, 1.165) is 5.69 Å². The third-order valence-corrected chi connectivity index (χ3v) is 5.86. The molecule has 0 spiro atoms. The molecular weight excluding hydrogens is 337 g/mol. The molecule has 1 aliphatic carbocycles. The Kier molecular flexibility index (Phi) is 3.89. The van der Waals surface area contributed by atoms with Gasteiger partial charge in [-0.3, -0.25) is 14.8 Å². The number of alkyl halides is 1. The van der Waals surface area contributed by atoms with Gasteiger partial charge in [0.05, 0.1) is 5.92 Å². The summed E-state index contributed by atoms with van der Waals surface area (Å²) in [4.78, 5) is 17.0. The van der Waals surface area contributed by atoms with E-state index in [0.29, 0.717) is 25.1 Å². The molecule has 6 atom stereocenters. The summed E-state index contributed by atoms with van der Waals surface area (Å²) in [6, 6.07) is 6.00. The van der Waals surface area contributed by atoms with Gasteiger partial charge in [-0.15, -0.1) is 0 Å². The summed E-state index contributed by atoms with van der Waals surface area (Å²) in [5.74, 6) is -0.431. The molecular formula is C17H22FN7O. The average molecular weight is 359 g/mol. The molecule has 26 heavy (non-hydrogen) atoms. The van der Waals surface area contributed by atoms with Gasteiger partial charge in [0.25, 0.3) is 5.91 Å². The summed E-state index contributed by atoms with van der Waals surface area (Å²) >= 11 is 0. The van der Waals surface area contributed by atoms with Gasteiger partial charge < -0.3 is 5.32 Å². The van der Waals surface area contributed by atoms with E-state index >= 15 is 0 Å². The summed E-state index contributed by atoms with van der Waals surface area (Å²) < 4.78 is 14.8. The first-order valence-electron chi connectivity index (χ1n) is 9.06. The average Bonchev–Trinajstić information content (AvgIpc) is 3.28. The number of allylic oxidation sites excluding steroid dienone is 1. The molecule has 8 nitrogen and oxygen atoms in total. The summed E-state index contributed by atoms with van der Waals surface area (Å²) in [6.07, 6.45) is 3.09. The van der Waals surface area contributed by atoms with E-state index in [-0.39, 0.29) is 36.0 Å². The molecule has 2 saturated heterocycles. The third kappa shape index (κ3) is 2.59. The van der Waals surface area contributed by atoms with Crippen molar-refractivity contribution in [3.8, 4) is 0 Å². The minimum atomic E-state index is -0.994. The smallest absolute Gasteiger partial charge is 0.264 e. The second kappa shape index (κ2) is 6.27.